The number of aliphatic hydroxyl groups is 1. The SMILES string of the molecule is C=Cc1cccc2ccc3c(CSCCCO)ccc(C)c3c12. The van der Waals surface area contributed by atoms with E-state index >= 15 is 0 Å². The first-order chi connectivity index (χ1) is 11.3. The molecule has 0 fully saturated rings. The molecule has 0 aliphatic rings. The molecule has 2 heteroatoms. The van der Waals surface area contributed by atoms with Gasteiger partial charge in [0.15, 0.2) is 0 Å². The van der Waals surface area contributed by atoms with Crippen LogP contribution in [0, 0.1) is 6.92 Å². The molecular formula is C21H22OS. The standard InChI is InChI=1S/C21H22OS/c1-3-16-6-4-7-17-10-11-19-18(14-23-13-5-12-22)9-8-15(2)20(19)21(16)17/h3-4,6-11,22H,1,5,12-14H2,2H3. The van der Waals surface area contributed by atoms with Gasteiger partial charge in [-0.15, -0.1) is 0 Å². The molecule has 0 aliphatic heterocycles. The second-order valence-electron chi connectivity index (χ2n) is 5.81. The van der Waals surface area contributed by atoms with Crippen molar-refractivity contribution in [3.8, 4) is 0 Å². The molecule has 0 amide bonds. The third-order valence-corrected chi connectivity index (χ3v) is 5.37. The molecule has 3 aromatic rings. The number of benzene rings is 3. The first kappa shape index (κ1) is 16.1. The first-order valence-electron chi connectivity index (χ1n) is 8.01. The molecule has 0 spiro atoms. The molecule has 0 heterocycles. The summed E-state index contributed by atoms with van der Waals surface area (Å²) in [4.78, 5) is 0. The minimum Gasteiger partial charge on any atom is -0.396 e. The van der Waals surface area contributed by atoms with Crippen LogP contribution in [0.25, 0.3) is 27.6 Å². The molecule has 1 N–H and O–H groups in total. The average Bonchev–Trinajstić information content (AvgIpc) is 2.59. The monoisotopic (exact) mass is 322 g/mol. The van der Waals surface area contributed by atoms with E-state index in [-0.39, 0.29) is 6.61 Å². The molecule has 0 saturated heterocycles. The van der Waals surface area contributed by atoms with Crippen LogP contribution in [0.15, 0.2) is 49.0 Å². The average molecular weight is 322 g/mol. The van der Waals surface area contributed by atoms with Gasteiger partial charge in [0.2, 0.25) is 0 Å². The summed E-state index contributed by atoms with van der Waals surface area (Å²) >= 11 is 1.89. The number of rotatable bonds is 6. The number of thioether (sulfide) groups is 1. The van der Waals surface area contributed by atoms with Gasteiger partial charge >= 0.3 is 0 Å². The van der Waals surface area contributed by atoms with E-state index in [1.54, 1.807) is 0 Å². The van der Waals surface area contributed by atoms with Crippen LogP contribution in [0.1, 0.15) is 23.1 Å². The van der Waals surface area contributed by atoms with Crippen LogP contribution in [0.5, 0.6) is 0 Å². The quantitative estimate of drug-likeness (QED) is 0.473. The molecule has 23 heavy (non-hydrogen) atoms. The van der Waals surface area contributed by atoms with Gasteiger partial charge < -0.3 is 5.11 Å². The number of aliphatic hydroxyl groups excluding tert-OH is 1. The maximum Gasteiger partial charge on any atom is 0.0438 e. The second kappa shape index (κ2) is 7.20. The molecule has 0 unspecified atom stereocenters. The Bertz CT molecular complexity index is 851. The fourth-order valence-electron chi connectivity index (χ4n) is 3.13. The van der Waals surface area contributed by atoms with Crippen LogP contribution in [-0.4, -0.2) is 17.5 Å². The first-order valence-corrected chi connectivity index (χ1v) is 9.16. The van der Waals surface area contributed by atoms with E-state index in [0.717, 1.165) is 17.9 Å². The maximum atomic E-state index is 8.92. The molecule has 0 aliphatic carbocycles. The zero-order valence-electron chi connectivity index (χ0n) is 13.5. The lowest BCUT2D eigenvalue weighted by atomic mass is 9.93. The van der Waals surface area contributed by atoms with Crippen LogP contribution in [0.2, 0.25) is 0 Å². The van der Waals surface area contributed by atoms with E-state index < -0.39 is 0 Å². The molecule has 0 bridgehead atoms. The fraction of sp³-hybridized carbons (Fsp3) is 0.238. The number of fused-ring (bicyclic) bond motifs is 3. The molecule has 3 rings (SSSR count). The highest BCUT2D eigenvalue weighted by Crippen LogP contribution is 2.34. The second-order valence-corrected chi connectivity index (χ2v) is 6.91. The van der Waals surface area contributed by atoms with Gasteiger partial charge in [0.1, 0.15) is 0 Å². The van der Waals surface area contributed by atoms with Crippen LogP contribution in [0.4, 0.5) is 0 Å². The van der Waals surface area contributed by atoms with Gasteiger partial charge in [-0.2, -0.15) is 11.8 Å². The summed E-state index contributed by atoms with van der Waals surface area (Å²) in [6, 6.07) is 15.3. The zero-order valence-corrected chi connectivity index (χ0v) is 14.3. The minimum atomic E-state index is 0.273. The van der Waals surface area contributed by atoms with Crippen molar-refractivity contribution in [3.63, 3.8) is 0 Å². The Hall–Kier alpha value is -1.77. The Morgan fingerprint density at radius 2 is 1.96 bits per heavy atom. The smallest absolute Gasteiger partial charge is 0.0438 e. The molecule has 118 valence electrons. The summed E-state index contributed by atoms with van der Waals surface area (Å²) in [7, 11) is 0. The topological polar surface area (TPSA) is 20.2 Å². The highest BCUT2D eigenvalue weighted by atomic mass is 32.2. The lowest BCUT2D eigenvalue weighted by Gasteiger charge is -2.13. The minimum absolute atomic E-state index is 0.273. The van der Waals surface area contributed by atoms with Crippen molar-refractivity contribution in [3.05, 3.63) is 65.7 Å². The predicted octanol–water partition coefficient (Wildman–Crippen LogP) is 5.56. The predicted molar refractivity (Wildman–Crippen MR) is 104 cm³/mol. The molecule has 1 nitrogen and oxygen atoms in total. The van der Waals surface area contributed by atoms with Crippen LogP contribution >= 0.6 is 11.8 Å². The van der Waals surface area contributed by atoms with Crippen molar-refractivity contribution in [1.29, 1.82) is 0 Å². The van der Waals surface area contributed by atoms with E-state index in [1.807, 2.05) is 17.8 Å². The normalized spacial score (nSPS) is 11.2. The summed E-state index contributed by atoms with van der Waals surface area (Å²) in [5.41, 5.74) is 3.87. The molecule has 0 radical (unpaired) electrons. The van der Waals surface area contributed by atoms with Crippen molar-refractivity contribution in [2.45, 2.75) is 19.1 Å². The molecule has 3 aromatic carbocycles. The molecule has 0 atom stereocenters. The molecule has 0 aromatic heterocycles. The van der Waals surface area contributed by atoms with E-state index in [1.165, 1.54) is 38.2 Å². The van der Waals surface area contributed by atoms with Gasteiger partial charge in [-0.1, -0.05) is 55.1 Å². The molecular weight excluding hydrogens is 300 g/mol. The number of hydrogen-bond donors (Lipinski definition) is 1. The lowest BCUT2D eigenvalue weighted by molar-refractivity contribution is 0.296. The van der Waals surface area contributed by atoms with Crippen LogP contribution < -0.4 is 0 Å². The Balaban J connectivity index is 2.17. The van der Waals surface area contributed by atoms with E-state index in [0.29, 0.717) is 0 Å². The Morgan fingerprint density at radius 1 is 1.09 bits per heavy atom. The van der Waals surface area contributed by atoms with Crippen molar-refractivity contribution in [2.75, 3.05) is 12.4 Å². The van der Waals surface area contributed by atoms with Crippen molar-refractivity contribution in [2.24, 2.45) is 0 Å². The number of hydrogen-bond acceptors (Lipinski definition) is 2. The Labute approximate surface area is 142 Å². The van der Waals surface area contributed by atoms with Gasteiger partial charge in [0, 0.05) is 12.4 Å². The summed E-state index contributed by atoms with van der Waals surface area (Å²) in [5, 5.41) is 14.2. The van der Waals surface area contributed by atoms with Crippen molar-refractivity contribution < 1.29 is 5.11 Å². The zero-order chi connectivity index (χ0) is 16.2. The van der Waals surface area contributed by atoms with Gasteiger partial charge in [-0.05, 0) is 57.3 Å². The van der Waals surface area contributed by atoms with Crippen molar-refractivity contribution in [1.82, 2.24) is 0 Å². The summed E-state index contributed by atoms with van der Waals surface area (Å²) in [6.07, 6.45) is 2.81. The Morgan fingerprint density at radius 3 is 2.74 bits per heavy atom. The van der Waals surface area contributed by atoms with E-state index in [4.69, 9.17) is 5.11 Å². The highest BCUT2D eigenvalue weighted by Gasteiger charge is 2.09. The third kappa shape index (κ3) is 3.15. The van der Waals surface area contributed by atoms with Crippen molar-refractivity contribution >= 4 is 39.4 Å². The molecule has 0 saturated carbocycles. The summed E-state index contributed by atoms with van der Waals surface area (Å²) < 4.78 is 0. The van der Waals surface area contributed by atoms with Crippen LogP contribution in [0.3, 0.4) is 0 Å². The van der Waals surface area contributed by atoms with Gasteiger partial charge in [-0.3, -0.25) is 0 Å². The van der Waals surface area contributed by atoms with Gasteiger partial charge in [0.05, 0.1) is 0 Å². The van der Waals surface area contributed by atoms with Gasteiger partial charge in [-0.25, -0.2) is 0 Å². The highest BCUT2D eigenvalue weighted by molar-refractivity contribution is 7.98. The van der Waals surface area contributed by atoms with E-state index in [2.05, 4.69) is 56.0 Å². The Kier molecular flexibility index (Phi) is 5.04. The van der Waals surface area contributed by atoms with E-state index in [9.17, 15) is 0 Å². The maximum absolute atomic E-state index is 8.92. The van der Waals surface area contributed by atoms with Crippen LogP contribution in [-0.2, 0) is 5.75 Å². The summed E-state index contributed by atoms with van der Waals surface area (Å²) in [6.45, 7) is 6.44. The number of aryl methyl sites for hydroxylation is 1. The lowest BCUT2D eigenvalue weighted by Crippen LogP contribution is -1.92. The third-order valence-electron chi connectivity index (χ3n) is 4.28. The fourth-order valence-corrected chi connectivity index (χ4v) is 4.08. The largest absolute Gasteiger partial charge is 0.396 e. The summed E-state index contributed by atoms with van der Waals surface area (Å²) in [5.74, 6) is 1.98. The van der Waals surface area contributed by atoms with Gasteiger partial charge in [0.25, 0.3) is 0 Å².